The number of piperidine rings is 1. The number of carbonyl (C=O) groups excluding carboxylic acids is 1. The van der Waals surface area contributed by atoms with Crippen molar-refractivity contribution in [2.75, 3.05) is 26.7 Å². The van der Waals surface area contributed by atoms with Crippen LogP contribution in [0.3, 0.4) is 0 Å². The topological polar surface area (TPSA) is 32.3 Å². The van der Waals surface area contributed by atoms with Crippen LogP contribution < -0.4 is 5.32 Å². The summed E-state index contributed by atoms with van der Waals surface area (Å²) in [5.41, 5.74) is 0. The Morgan fingerprint density at radius 2 is 2.42 bits per heavy atom. The van der Waals surface area contributed by atoms with Gasteiger partial charge in [-0.25, -0.2) is 0 Å². The zero-order valence-corrected chi connectivity index (χ0v) is 7.97. The molecular formula is C9H18N2O. The highest BCUT2D eigenvalue weighted by Crippen LogP contribution is 2.15. The van der Waals surface area contributed by atoms with Crippen molar-refractivity contribution in [1.29, 1.82) is 0 Å². The van der Waals surface area contributed by atoms with E-state index in [2.05, 4.69) is 5.32 Å². The van der Waals surface area contributed by atoms with Crippen LogP contribution in [0.4, 0.5) is 0 Å². The highest BCUT2D eigenvalue weighted by atomic mass is 16.2. The molecule has 1 N–H and O–H groups in total. The largest absolute Gasteiger partial charge is 0.343 e. The van der Waals surface area contributed by atoms with Gasteiger partial charge in [0.2, 0.25) is 5.91 Å². The second-order valence-electron chi connectivity index (χ2n) is 3.53. The first-order valence-electron chi connectivity index (χ1n) is 4.64. The van der Waals surface area contributed by atoms with Crippen LogP contribution in [0.25, 0.3) is 0 Å². The Morgan fingerprint density at radius 1 is 1.67 bits per heavy atom. The van der Waals surface area contributed by atoms with Crippen molar-refractivity contribution < 1.29 is 4.79 Å². The van der Waals surface area contributed by atoms with Crippen molar-refractivity contribution in [2.24, 2.45) is 5.92 Å². The summed E-state index contributed by atoms with van der Waals surface area (Å²) in [6.07, 6.45) is 2.41. The molecule has 3 heteroatoms. The van der Waals surface area contributed by atoms with Gasteiger partial charge in [0.1, 0.15) is 0 Å². The second kappa shape index (κ2) is 4.45. The number of amides is 1. The number of rotatable bonds is 2. The van der Waals surface area contributed by atoms with Gasteiger partial charge in [-0.1, -0.05) is 0 Å². The monoisotopic (exact) mass is 170 g/mol. The van der Waals surface area contributed by atoms with E-state index in [-0.39, 0.29) is 5.91 Å². The lowest BCUT2D eigenvalue weighted by atomic mass is 9.98. The lowest BCUT2D eigenvalue weighted by Crippen LogP contribution is -2.41. The van der Waals surface area contributed by atoms with Crippen molar-refractivity contribution in [3.05, 3.63) is 0 Å². The molecule has 0 aromatic carbocycles. The third-order valence-corrected chi connectivity index (χ3v) is 2.46. The Balaban J connectivity index is 2.35. The molecular weight excluding hydrogens is 152 g/mol. The minimum Gasteiger partial charge on any atom is -0.343 e. The molecule has 1 rings (SSSR count). The van der Waals surface area contributed by atoms with Crippen LogP contribution in [-0.2, 0) is 4.79 Å². The van der Waals surface area contributed by atoms with E-state index in [1.54, 1.807) is 6.92 Å². The van der Waals surface area contributed by atoms with Gasteiger partial charge < -0.3 is 10.2 Å². The standard InChI is InChI=1S/C9H18N2O/c1-8(12)11-5-3-4-9(7-11)6-10-2/h9-10H,3-7H2,1-2H3. The SMILES string of the molecule is CNCC1CCCN(C(C)=O)C1. The van der Waals surface area contributed by atoms with E-state index in [4.69, 9.17) is 0 Å². The molecule has 0 spiro atoms. The van der Waals surface area contributed by atoms with Crippen LogP contribution in [0.5, 0.6) is 0 Å². The maximum absolute atomic E-state index is 11.1. The highest BCUT2D eigenvalue weighted by molar-refractivity contribution is 5.73. The fourth-order valence-electron chi connectivity index (χ4n) is 1.81. The van der Waals surface area contributed by atoms with E-state index in [0.29, 0.717) is 5.92 Å². The molecule has 70 valence electrons. The van der Waals surface area contributed by atoms with Gasteiger partial charge in [-0.15, -0.1) is 0 Å². The van der Waals surface area contributed by atoms with Gasteiger partial charge in [0.25, 0.3) is 0 Å². The molecule has 1 saturated heterocycles. The maximum atomic E-state index is 11.1. The minimum absolute atomic E-state index is 0.218. The summed E-state index contributed by atoms with van der Waals surface area (Å²) < 4.78 is 0. The van der Waals surface area contributed by atoms with Crippen molar-refractivity contribution in [2.45, 2.75) is 19.8 Å². The molecule has 1 aliphatic heterocycles. The Kier molecular flexibility index (Phi) is 3.53. The summed E-state index contributed by atoms with van der Waals surface area (Å²) >= 11 is 0. The molecule has 1 unspecified atom stereocenters. The normalized spacial score (nSPS) is 24.2. The van der Waals surface area contributed by atoms with Crippen LogP contribution in [0.2, 0.25) is 0 Å². The summed E-state index contributed by atoms with van der Waals surface area (Å²) in [5, 5.41) is 3.16. The molecule has 1 amide bonds. The summed E-state index contributed by atoms with van der Waals surface area (Å²) in [5.74, 6) is 0.878. The zero-order chi connectivity index (χ0) is 8.97. The van der Waals surface area contributed by atoms with E-state index >= 15 is 0 Å². The summed E-state index contributed by atoms with van der Waals surface area (Å²) in [7, 11) is 1.96. The predicted molar refractivity (Wildman–Crippen MR) is 48.9 cm³/mol. The van der Waals surface area contributed by atoms with Gasteiger partial charge in [0, 0.05) is 20.0 Å². The Hall–Kier alpha value is -0.570. The molecule has 0 aromatic rings. The second-order valence-corrected chi connectivity index (χ2v) is 3.53. The molecule has 12 heavy (non-hydrogen) atoms. The van der Waals surface area contributed by atoms with Gasteiger partial charge in [-0.2, -0.15) is 0 Å². The highest BCUT2D eigenvalue weighted by Gasteiger charge is 2.20. The first kappa shape index (κ1) is 9.52. The van der Waals surface area contributed by atoms with Crippen LogP contribution in [-0.4, -0.2) is 37.5 Å². The Bertz CT molecular complexity index is 157. The molecule has 0 bridgehead atoms. The third kappa shape index (κ3) is 2.48. The van der Waals surface area contributed by atoms with Crippen molar-refractivity contribution in [1.82, 2.24) is 10.2 Å². The number of hydrogen-bond acceptors (Lipinski definition) is 2. The van der Waals surface area contributed by atoms with Gasteiger partial charge in [-0.3, -0.25) is 4.79 Å². The molecule has 0 saturated carbocycles. The van der Waals surface area contributed by atoms with Gasteiger partial charge in [-0.05, 0) is 32.4 Å². The average molecular weight is 170 g/mol. The number of likely N-dealkylation sites (tertiary alicyclic amines) is 1. The fraction of sp³-hybridized carbons (Fsp3) is 0.889. The van der Waals surface area contributed by atoms with Crippen LogP contribution >= 0.6 is 0 Å². The third-order valence-electron chi connectivity index (χ3n) is 2.46. The molecule has 1 heterocycles. The molecule has 1 fully saturated rings. The molecule has 1 atom stereocenters. The number of nitrogens with zero attached hydrogens (tertiary/aromatic N) is 1. The van der Waals surface area contributed by atoms with Crippen molar-refractivity contribution in [3.63, 3.8) is 0 Å². The number of carbonyl (C=O) groups is 1. The van der Waals surface area contributed by atoms with E-state index < -0.39 is 0 Å². The first-order valence-corrected chi connectivity index (χ1v) is 4.64. The van der Waals surface area contributed by atoms with E-state index in [1.165, 1.54) is 6.42 Å². The lowest BCUT2D eigenvalue weighted by Gasteiger charge is -2.31. The average Bonchev–Trinajstić information content (AvgIpc) is 2.05. The van der Waals surface area contributed by atoms with Crippen LogP contribution in [0, 0.1) is 5.92 Å². The maximum Gasteiger partial charge on any atom is 0.219 e. The Morgan fingerprint density at radius 3 is 3.00 bits per heavy atom. The fourth-order valence-corrected chi connectivity index (χ4v) is 1.81. The molecule has 3 nitrogen and oxygen atoms in total. The zero-order valence-electron chi connectivity index (χ0n) is 7.97. The van der Waals surface area contributed by atoms with Gasteiger partial charge in [0.15, 0.2) is 0 Å². The Labute approximate surface area is 74.1 Å². The van der Waals surface area contributed by atoms with E-state index in [9.17, 15) is 4.79 Å². The van der Waals surface area contributed by atoms with Gasteiger partial charge >= 0.3 is 0 Å². The van der Waals surface area contributed by atoms with E-state index in [0.717, 1.165) is 26.1 Å². The van der Waals surface area contributed by atoms with Crippen LogP contribution in [0.1, 0.15) is 19.8 Å². The minimum atomic E-state index is 0.218. The number of hydrogen-bond donors (Lipinski definition) is 1. The molecule has 0 aliphatic carbocycles. The van der Waals surface area contributed by atoms with Gasteiger partial charge in [0.05, 0.1) is 0 Å². The molecule has 1 aliphatic rings. The molecule has 0 radical (unpaired) electrons. The summed E-state index contributed by atoms with van der Waals surface area (Å²) in [4.78, 5) is 13.0. The smallest absolute Gasteiger partial charge is 0.219 e. The van der Waals surface area contributed by atoms with Crippen molar-refractivity contribution in [3.8, 4) is 0 Å². The van der Waals surface area contributed by atoms with Crippen LogP contribution in [0.15, 0.2) is 0 Å². The molecule has 0 aromatic heterocycles. The number of nitrogens with one attached hydrogen (secondary N) is 1. The van der Waals surface area contributed by atoms with E-state index in [1.807, 2.05) is 11.9 Å². The summed E-state index contributed by atoms with van der Waals surface area (Å²) in [6.45, 7) is 4.58. The summed E-state index contributed by atoms with van der Waals surface area (Å²) in [6, 6.07) is 0. The van der Waals surface area contributed by atoms with Crippen molar-refractivity contribution >= 4 is 5.91 Å². The predicted octanol–water partition coefficient (Wildman–Crippen LogP) is 0.464. The quantitative estimate of drug-likeness (QED) is 0.653. The lowest BCUT2D eigenvalue weighted by molar-refractivity contribution is -0.130. The first-order chi connectivity index (χ1) is 5.74.